The molecule has 0 fully saturated rings. The fourth-order valence-electron chi connectivity index (χ4n) is 4.02. The van der Waals surface area contributed by atoms with Crippen molar-refractivity contribution >= 4 is 50.9 Å². The van der Waals surface area contributed by atoms with Crippen LogP contribution >= 0.6 is 23.2 Å². The third-order valence-electron chi connectivity index (χ3n) is 5.83. The molecule has 0 spiro atoms. The summed E-state index contributed by atoms with van der Waals surface area (Å²) < 4.78 is 35.2. The van der Waals surface area contributed by atoms with Crippen molar-refractivity contribution < 1.29 is 23.1 Å². The summed E-state index contributed by atoms with van der Waals surface area (Å²) >= 11 is 12.0. The average Bonchev–Trinajstić information content (AvgIpc) is 3.31. The van der Waals surface area contributed by atoms with E-state index in [0.29, 0.717) is 21.3 Å². The van der Waals surface area contributed by atoms with Crippen LogP contribution in [0.5, 0.6) is 0 Å². The van der Waals surface area contributed by atoms with E-state index in [4.69, 9.17) is 38.1 Å². The van der Waals surface area contributed by atoms with Crippen LogP contribution in [0.1, 0.15) is 11.1 Å². The number of hydrogen-bond acceptors (Lipinski definition) is 6. The number of aliphatic carboxylic acids is 1. The maximum absolute atomic E-state index is 13.1. The number of ether oxygens (including phenoxy) is 1. The topological polar surface area (TPSA) is 121 Å². The number of guanidine groups is 1. The second-order valence-corrected chi connectivity index (χ2v) is 10.9. The molecule has 4 rings (SSSR count). The van der Waals surface area contributed by atoms with E-state index in [1.807, 2.05) is 30.3 Å². The molecule has 1 unspecified atom stereocenters. The molecule has 12 heteroatoms. The third kappa shape index (κ3) is 6.48. The summed E-state index contributed by atoms with van der Waals surface area (Å²) in [6.45, 7) is -0.0254. The van der Waals surface area contributed by atoms with Crippen molar-refractivity contribution in [3.63, 3.8) is 0 Å². The fraction of sp³-hybridized carbons (Fsp3) is 0.148. The molecule has 9 nitrogen and oxygen atoms in total. The third-order valence-corrected chi connectivity index (χ3v) is 7.67. The number of hydrogen-bond donors (Lipinski definition) is 2. The zero-order valence-electron chi connectivity index (χ0n) is 20.7. The van der Waals surface area contributed by atoms with Crippen LogP contribution in [0.4, 0.5) is 0 Å². The molecule has 39 heavy (non-hydrogen) atoms. The number of hydrazone groups is 1. The van der Waals surface area contributed by atoms with Gasteiger partial charge in [-0.25, -0.2) is 22.9 Å². The molecule has 0 aromatic heterocycles. The predicted octanol–water partition coefficient (Wildman–Crippen LogP) is 4.53. The van der Waals surface area contributed by atoms with Crippen LogP contribution in [0.3, 0.4) is 0 Å². The summed E-state index contributed by atoms with van der Waals surface area (Å²) in [6.07, 6.45) is 2.37. The highest BCUT2D eigenvalue weighted by molar-refractivity contribution is 7.90. The van der Waals surface area contributed by atoms with E-state index in [2.05, 4.69) is 9.71 Å². The Morgan fingerprint density at radius 2 is 1.69 bits per heavy atom. The van der Waals surface area contributed by atoms with Crippen LogP contribution in [-0.2, 0) is 25.2 Å². The lowest BCUT2D eigenvalue weighted by atomic mass is 9.85. The number of halogens is 2. The number of benzene rings is 3. The first-order valence-corrected chi connectivity index (χ1v) is 13.9. The number of carbonyl (C=O) groups is 1. The highest BCUT2D eigenvalue weighted by Crippen LogP contribution is 2.37. The second-order valence-electron chi connectivity index (χ2n) is 8.36. The maximum atomic E-state index is 13.1. The predicted molar refractivity (Wildman–Crippen MR) is 151 cm³/mol. The van der Waals surface area contributed by atoms with Gasteiger partial charge < -0.3 is 9.84 Å². The molecule has 3 aromatic rings. The number of aliphatic imine (C=N–C) groups is 1. The molecule has 0 radical (unpaired) electrons. The van der Waals surface area contributed by atoms with Crippen molar-refractivity contribution in [2.45, 2.75) is 10.5 Å². The van der Waals surface area contributed by atoms with Crippen molar-refractivity contribution in [1.29, 1.82) is 0 Å². The van der Waals surface area contributed by atoms with Crippen molar-refractivity contribution in [3.8, 4) is 0 Å². The van der Waals surface area contributed by atoms with Crippen molar-refractivity contribution in [3.05, 3.63) is 112 Å². The highest BCUT2D eigenvalue weighted by Gasteiger charge is 2.47. The Bertz CT molecular complexity index is 1530. The van der Waals surface area contributed by atoms with Gasteiger partial charge in [0.1, 0.15) is 5.71 Å². The van der Waals surface area contributed by atoms with Gasteiger partial charge in [-0.2, -0.15) is 5.10 Å². The number of carboxylic acid groups (broad SMARTS) is 1. The van der Waals surface area contributed by atoms with Gasteiger partial charge in [-0.05, 0) is 42.0 Å². The first-order valence-electron chi connectivity index (χ1n) is 11.6. The SMILES string of the molecule is CN=C(NS(=O)(=O)c1ccc(Cl)cc1)N1CC(OCC=CC(=O)O)(c2ccccc2)C(c2ccc(Cl)cc2)=N1. The van der Waals surface area contributed by atoms with Crippen LogP contribution in [0.25, 0.3) is 0 Å². The summed E-state index contributed by atoms with van der Waals surface area (Å²) in [5, 5.41) is 16.1. The first kappa shape index (κ1) is 28.3. The Labute approximate surface area is 236 Å². The summed E-state index contributed by atoms with van der Waals surface area (Å²) in [6, 6.07) is 21.9. The highest BCUT2D eigenvalue weighted by atomic mass is 35.5. The van der Waals surface area contributed by atoms with Crippen LogP contribution in [0.2, 0.25) is 10.0 Å². The lowest BCUT2D eigenvalue weighted by molar-refractivity contribution is -0.131. The zero-order chi connectivity index (χ0) is 28.0. The molecule has 0 aliphatic carbocycles. The molecule has 1 aliphatic rings. The van der Waals surface area contributed by atoms with Crippen molar-refractivity contribution in [2.24, 2.45) is 10.1 Å². The Morgan fingerprint density at radius 1 is 1.08 bits per heavy atom. The van der Waals surface area contributed by atoms with E-state index in [1.165, 1.54) is 42.4 Å². The van der Waals surface area contributed by atoms with Gasteiger partial charge in [-0.1, -0.05) is 71.7 Å². The lowest BCUT2D eigenvalue weighted by Crippen LogP contribution is -2.46. The van der Waals surface area contributed by atoms with E-state index in [-0.39, 0.29) is 24.0 Å². The molecule has 1 atom stereocenters. The number of carboxylic acids is 1. The minimum atomic E-state index is -4.03. The summed E-state index contributed by atoms with van der Waals surface area (Å²) in [5.74, 6) is -1.15. The molecular weight excluding hydrogens is 563 g/mol. The van der Waals surface area contributed by atoms with Crippen LogP contribution < -0.4 is 4.72 Å². The average molecular weight is 587 g/mol. The van der Waals surface area contributed by atoms with Gasteiger partial charge in [-0.3, -0.25) is 4.99 Å². The van der Waals surface area contributed by atoms with Gasteiger partial charge in [0.05, 0.1) is 18.0 Å². The quantitative estimate of drug-likeness (QED) is 0.227. The standard InChI is InChI=1S/C27H24Cl2N4O5S/c1-30-26(32-39(36,37)23-15-13-22(29)14-16-23)33-18-27(20-6-3-2-4-7-20,38-17-5-8-24(34)35)25(31-33)19-9-11-21(28)12-10-19/h2-16H,17-18H2,1H3,(H,30,32)(H,34,35). The smallest absolute Gasteiger partial charge is 0.328 e. The Morgan fingerprint density at radius 3 is 2.28 bits per heavy atom. The van der Waals surface area contributed by atoms with E-state index < -0.39 is 21.6 Å². The molecule has 0 saturated heterocycles. The molecule has 0 amide bonds. The lowest BCUT2D eigenvalue weighted by Gasteiger charge is -2.32. The number of rotatable bonds is 8. The van der Waals surface area contributed by atoms with Crippen LogP contribution in [-0.4, -0.2) is 56.4 Å². The summed E-state index contributed by atoms with van der Waals surface area (Å²) in [5.41, 5.74) is 0.630. The molecule has 2 N–H and O–H groups in total. The van der Waals surface area contributed by atoms with Gasteiger partial charge in [-0.15, -0.1) is 0 Å². The minimum Gasteiger partial charge on any atom is -0.478 e. The Balaban J connectivity index is 1.78. The Kier molecular flexibility index (Phi) is 8.71. The molecule has 3 aromatic carbocycles. The van der Waals surface area contributed by atoms with Crippen LogP contribution in [0.15, 0.2) is 106 Å². The van der Waals surface area contributed by atoms with E-state index in [0.717, 1.165) is 11.6 Å². The van der Waals surface area contributed by atoms with Gasteiger partial charge >= 0.3 is 5.97 Å². The summed E-state index contributed by atoms with van der Waals surface area (Å²) in [7, 11) is -2.59. The monoisotopic (exact) mass is 586 g/mol. The van der Waals surface area contributed by atoms with Crippen LogP contribution in [0, 0.1) is 0 Å². The molecule has 0 saturated carbocycles. The normalized spacial score (nSPS) is 17.9. The van der Waals surface area contributed by atoms with E-state index in [9.17, 15) is 13.2 Å². The number of nitrogens with zero attached hydrogens (tertiary/aromatic N) is 3. The first-order chi connectivity index (χ1) is 18.6. The van der Waals surface area contributed by atoms with E-state index >= 15 is 0 Å². The van der Waals surface area contributed by atoms with Crippen molar-refractivity contribution in [1.82, 2.24) is 9.73 Å². The maximum Gasteiger partial charge on any atom is 0.328 e. The molecular formula is C27H24Cl2N4O5S. The number of nitrogens with one attached hydrogen (secondary N) is 1. The second kappa shape index (κ2) is 12.0. The molecule has 1 aliphatic heterocycles. The van der Waals surface area contributed by atoms with Gasteiger partial charge in [0.25, 0.3) is 10.0 Å². The molecule has 0 bridgehead atoms. The summed E-state index contributed by atoms with van der Waals surface area (Å²) in [4.78, 5) is 15.2. The van der Waals surface area contributed by atoms with E-state index in [1.54, 1.807) is 24.3 Å². The zero-order valence-corrected chi connectivity index (χ0v) is 23.0. The van der Waals surface area contributed by atoms with Crippen molar-refractivity contribution in [2.75, 3.05) is 20.2 Å². The molecule has 1 heterocycles. The van der Waals surface area contributed by atoms with Gasteiger partial charge in [0.15, 0.2) is 5.60 Å². The van der Waals surface area contributed by atoms with Gasteiger partial charge in [0, 0.05) is 28.7 Å². The van der Waals surface area contributed by atoms with Gasteiger partial charge in [0.2, 0.25) is 5.96 Å². The molecule has 202 valence electrons. The fourth-order valence-corrected chi connectivity index (χ4v) is 5.32. The number of sulfonamides is 1. The largest absolute Gasteiger partial charge is 0.478 e. The Hall–Kier alpha value is -3.70. The minimum absolute atomic E-state index is 0.00136.